The van der Waals surface area contributed by atoms with Crippen LogP contribution in [0.15, 0.2) is 60.7 Å². The highest BCUT2D eigenvalue weighted by atomic mass is 35.5. The van der Waals surface area contributed by atoms with Gasteiger partial charge < -0.3 is 14.9 Å². The van der Waals surface area contributed by atoms with Gasteiger partial charge in [0.2, 0.25) is 0 Å². The van der Waals surface area contributed by atoms with Crippen molar-refractivity contribution >= 4 is 17.6 Å². The van der Waals surface area contributed by atoms with Crippen molar-refractivity contribution in [1.29, 1.82) is 0 Å². The van der Waals surface area contributed by atoms with Gasteiger partial charge in [0.25, 0.3) is 0 Å². The van der Waals surface area contributed by atoms with Gasteiger partial charge in [0.05, 0.1) is 19.1 Å². The van der Waals surface area contributed by atoms with Crippen LogP contribution < -0.4 is 10.1 Å². The molecule has 3 aromatic rings. The number of carboxylic acids is 1. The highest BCUT2D eigenvalue weighted by Crippen LogP contribution is 2.38. The summed E-state index contributed by atoms with van der Waals surface area (Å²) < 4.78 is 46.4. The second-order valence-electron chi connectivity index (χ2n) is 8.85. The first-order valence-corrected chi connectivity index (χ1v) is 12.3. The van der Waals surface area contributed by atoms with E-state index >= 15 is 0 Å². The zero-order chi connectivity index (χ0) is 28.0. The molecule has 1 unspecified atom stereocenters. The van der Waals surface area contributed by atoms with Gasteiger partial charge in [-0.05, 0) is 72.1 Å². The number of ether oxygens (including phenoxy) is 1. The predicted octanol–water partition coefficient (Wildman–Crippen LogP) is 6.11. The van der Waals surface area contributed by atoms with Crippen molar-refractivity contribution < 1.29 is 32.9 Å². The number of alkyl halides is 3. The van der Waals surface area contributed by atoms with Crippen molar-refractivity contribution in [3.8, 4) is 16.9 Å². The molecule has 0 bridgehead atoms. The summed E-state index contributed by atoms with van der Waals surface area (Å²) in [5, 5.41) is 23.8. The van der Waals surface area contributed by atoms with Crippen molar-refractivity contribution in [3.05, 3.63) is 87.9 Å². The van der Waals surface area contributed by atoms with Crippen LogP contribution in [0.2, 0.25) is 5.02 Å². The molecule has 0 saturated heterocycles. The van der Waals surface area contributed by atoms with Crippen molar-refractivity contribution in [2.75, 3.05) is 13.7 Å². The molecular weight excluding hydrogens is 521 g/mol. The fourth-order valence-corrected chi connectivity index (χ4v) is 4.31. The van der Waals surface area contributed by atoms with Crippen molar-refractivity contribution in [2.24, 2.45) is 0 Å². The van der Waals surface area contributed by atoms with Gasteiger partial charge >= 0.3 is 12.1 Å². The lowest BCUT2D eigenvalue weighted by Gasteiger charge is -2.31. The van der Waals surface area contributed by atoms with Gasteiger partial charge in [0, 0.05) is 23.2 Å². The fraction of sp³-hybridized carbons (Fsp3) is 0.321. The van der Waals surface area contributed by atoms with Crippen LogP contribution >= 0.6 is 11.6 Å². The van der Waals surface area contributed by atoms with Gasteiger partial charge in [0.1, 0.15) is 5.75 Å². The van der Waals surface area contributed by atoms with E-state index in [4.69, 9.17) is 16.3 Å². The molecule has 0 fully saturated rings. The van der Waals surface area contributed by atoms with Crippen molar-refractivity contribution in [2.45, 2.75) is 45.4 Å². The molecule has 0 heterocycles. The Balaban J connectivity index is 1.99. The maximum Gasteiger partial charge on any atom is 0.416 e. The van der Waals surface area contributed by atoms with E-state index in [9.17, 15) is 28.2 Å². The van der Waals surface area contributed by atoms with Crippen LogP contribution in [0.5, 0.6) is 5.75 Å². The topological polar surface area (TPSA) is 82.0 Å². The molecule has 0 amide bonds. The maximum absolute atomic E-state index is 13.6. The normalized spacial score (nSPS) is 13.4. The van der Waals surface area contributed by atoms with Crippen LogP contribution in [-0.2, 0) is 23.9 Å². The third-order valence-electron chi connectivity index (χ3n) is 6.24. The minimum Gasteiger partial charge on any atom is -0.496 e. The summed E-state index contributed by atoms with van der Waals surface area (Å²) in [6.45, 7) is 3.95. The number of hydrogen-bond donors (Lipinski definition) is 3. The third kappa shape index (κ3) is 7.48. The largest absolute Gasteiger partial charge is 0.496 e. The molecule has 6 nitrogen and oxygen atoms in total. The number of benzene rings is 3. The Morgan fingerprint density at radius 3 is 2.34 bits per heavy atom. The summed E-state index contributed by atoms with van der Waals surface area (Å²) in [7, 11) is 1.43. The highest BCUT2D eigenvalue weighted by molar-refractivity contribution is 6.30. The smallest absolute Gasteiger partial charge is 0.416 e. The molecule has 3 rings (SSSR count). The molecule has 0 aromatic heterocycles. The lowest BCUT2D eigenvalue weighted by atomic mass is 9.94. The minimum absolute atomic E-state index is 0.0242. The molecule has 38 heavy (non-hydrogen) atoms. The molecule has 204 valence electrons. The molecule has 3 aromatic carbocycles. The zero-order valence-electron chi connectivity index (χ0n) is 21.2. The summed E-state index contributed by atoms with van der Waals surface area (Å²) in [5.41, 5.74) is 1.73. The van der Waals surface area contributed by atoms with Crippen LogP contribution in [0.3, 0.4) is 0 Å². The summed E-state index contributed by atoms with van der Waals surface area (Å²) >= 11 is 5.96. The number of methoxy groups -OCH3 is 1. The van der Waals surface area contributed by atoms with E-state index < -0.39 is 24.1 Å². The number of halogens is 4. The molecule has 0 spiro atoms. The maximum atomic E-state index is 13.6. The number of carbonyl (C=O) groups is 1. The Labute approximate surface area is 224 Å². The summed E-state index contributed by atoms with van der Waals surface area (Å²) in [6, 6.07) is 15.0. The minimum atomic E-state index is -4.57. The average molecular weight is 551 g/mol. The number of aliphatic hydroxyl groups excluding tert-OH is 1. The quantitative estimate of drug-likeness (QED) is 0.250. The number of nitrogens with zero attached hydrogens (tertiary/aromatic N) is 1. The number of nitrogens with one attached hydrogen (secondary N) is 1. The Kier molecular flexibility index (Phi) is 9.78. The third-order valence-corrected chi connectivity index (χ3v) is 6.49. The van der Waals surface area contributed by atoms with E-state index in [-0.39, 0.29) is 19.0 Å². The number of hydrogen-bond acceptors (Lipinski definition) is 5. The van der Waals surface area contributed by atoms with Gasteiger partial charge in [-0.1, -0.05) is 42.8 Å². The number of carboxylic acid groups (broad SMARTS) is 1. The van der Waals surface area contributed by atoms with Crippen LogP contribution in [0.4, 0.5) is 13.2 Å². The molecule has 10 heteroatoms. The first-order chi connectivity index (χ1) is 17.9. The fourth-order valence-electron chi connectivity index (χ4n) is 4.18. The Morgan fingerprint density at radius 1 is 1.08 bits per heavy atom. The van der Waals surface area contributed by atoms with Crippen LogP contribution in [-0.4, -0.2) is 41.1 Å². The summed E-state index contributed by atoms with van der Waals surface area (Å²) in [6.07, 6.45) is -5.99. The van der Waals surface area contributed by atoms with Gasteiger partial charge in [0.15, 0.2) is 6.35 Å². The van der Waals surface area contributed by atoms with E-state index in [1.54, 1.807) is 42.2 Å². The number of aliphatic hydroxyl groups is 1. The SMILES string of the molecule is CCN(Cc1cc(C(F)(F)F)ccc1-c1cc(CC(=O)O)ccc1OC)C(O)N[C@H](C)c1ccc(Cl)cc1. The average Bonchev–Trinajstić information content (AvgIpc) is 2.86. The molecule has 0 radical (unpaired) electrons. The molecule has 0 aliphatic carbocycles. The van der Waals surface area contributed by atoms with Gasteiger partial charge in [-0.25, -0.2) is 0 Å². The highest BCUT2D eigenvalue weighted by Gasteiger charge is 2.32. The van der Waals surface area contributed by atoms with E-state index in [0.29, 0.717) is 39.6 Å². The molecule has 0 saturated carbocycles. The second-order valence-corrected chi connectivity index (χ2v) is 9.29. The molecule has 3 N–H and O–H groups in total. The molecule has 0 aliphatic rings. The zero-order valence-corrected chi connectivity index (χ0v) is 22.0. The lowest BCUT2D eigenvalue weighted by molar-refractivity contribution is -0.138. The van der Waals surface area contributed by atoms with Gasteiger partial charge in [-0.3, -0.25) is 15.0 Å². The Bertz CT molecular complexity index is 1250. The number of rotatable bonds is 11. The van der Waals surface area contributed by atoms with E-state index in [0.717, 1.165) is 17.7 Å². The van der Waals surface area contributed by atoms with E-state index in [2.05, 4.69) is 5.32 Å². The van der Waals surface area contributed by atoms with Gasteiger partial charge in [-0.15, -0.1) is 0 Å². The molecule has 0 aliphatic heterocycles. The van der Waals surface area contributed by atoms with Gasteiger partial charge in [-0.2, -0.15) is 13.2 Å². The first kappa shape index (κ1) is 29.4. The second kappa shape index (κ2) is 12.6. The number of aliphatic carboxylic acids is 1. The predicted molar refractivity (Wildman–Crippen MR) is 140 cm³/mol. The lowest BCUT2D eigenvalue weighted by Crippen LogP contribution is -2.46. The Morgan fingerprint density at radius 2 is 1.76 bits per heavy atom. The van der Waals surface area contributed by atoms with E-state index in [1.807, 2.05) is 19.1 Å². The van der Waals surface area contributed by atoms with Crippen molar-refractivity contribution in [1.82, 2.24) is 10.2 Å². The van der Waals surface area contributed by atoms with Crippen LogP contribution in [0, 0.1) is 0 Å². The summed E-state index contributed by atoms with van der Waals surface area (Å²) in [5.74, 6) is -0.645. The van der Waals surface area contributed by atoms with Crippen LogP contribution in [0.25, 0.3) is 11.1 Å². The molecular formula is C28H30ClF3N2O4. The van der Waals surface area contributed by atoms with Crippen LogP contribution in [0.1, 0.15) is 42.1 Å². The standard InChI is InChI=1S/C28H30ClF3N2O4/c1-4-34(27(37)33-17(2)19-6-9-22(29)10-7-19)16-20-15-21(28(30,31)32)8-11-23(20)24-13-18(14-26(35)36)5-12-25(24)38-3/h5-13,15,17,27,33,37H,4,14,16H2,1-3H3,(H,35,36)/t17-,27?/m1/s1. The van der Waals surface area contributed by atoms with Crippen molar-refractivity contribution in [3.63, 3.8) is 0 Å². The monoisotopic (exact) mass is 550 g/mol. The summed E-state index contributed by atoms with van der Waals surface area (Å²) in [4.78, 5) is 12.9. The molecule has 2 atom stereocenters. The Hall–Kier alpha value is -3.11. The van der Waals surface area contributed by atoms with E-state index in [1.165, 1.54) is 13.2 Å². The first-order valence-electron chi connectivity index (χ1n) is 12.0.